The second kappa shape index (κ2) is 9.16. The first-order valence-corrected chi connectivity index (χ1v) is 12.7. The van der Waals surface area contributed by atoms with Gasteiger partial charge in [-0.3, -0.25) is 0 Å². The summed E-state index contributed by atoms with van der Waals surface area (Å²) in [5, 5.41) is 21.3. The fourth-order valence-electron chi connectivity index (χ4n) is 4.92. The minimum absolute atomic E-state index is 0.279. The average molecular weight is 488 g/mol. The fraction of sp³-hybridized carbons (Fsp3) is 0.625. The van der Waals surface area contributed by atoms with E-state index < -0.39 is 12.2 Å². The Bertz CT molecular complexity index is 1180. The zero-order valence-electron chi connectivity index (χ0n) is 20.2. The Morgan fingerprint density at radius 1 is 1.12 bits per heavy atom. The van der Waals surface area contributed by atoms with Crippen LogP contribution in [0.1, 0.15) is 38.8 Å². The Labute approximate surface area is 203 Å². The number of aliphatic hydroxyl groups excluding tert-OH is 2. The molecule has 0 aliphatic carbocycles. The zero-order chi connectivity index (χ0) is 24.0. The molecule has 2 aliphatic rings. The third kappa shape index (κ3) is 4.45. The van der Waals surface area contributed by atoms with Crippen LogP contribution in [0, 0.1) is 0 Å². The van der Waals surface area contributed by atoms with Crippen LogP contribution in [0.25, 0.3) is 20.4 Å². The number of anilines is 2. The summed E-state index contributed by atoms with van der Waals surface area (Å²) in [4.78, 5) is 19.6. The van der Waals surface area contributed by atoms with E-state index in [9.17, 15) is 10.2 Å². The molecule has 1 fully saturated rings. The quantitative estimate of drug-likeness (QED) is 0.543. The van der Waals surface area contributed by atoms with Crippen LogP contribution < -0.4 is 9.80 Å². The van der Waals surface area contributed by atoms with Gasteiger partial charge in [0.25, 0.3) is 0 Å². The Balaban J connectivity index is 1.73. The van der Waals surface area contributed by atoms with Crippen LogP contribution in [0.2, 0.25) is 0 Å². The Hall–Kier alpha value is -2.11. The summed E-state index contributed by atoms with van der Waals surface area (Å²) in [5.41, 5.74) is 2.98. The van der Waals surface area contributed by atoms with Gasteiger partial charge in [0.05, 0.1) is 47.8 Å². The van der Waals surface area contributed by atoms with E-state index in [2.05, 4.69) is 23.7 Å². The number of aromatic nitrogens is 3. The molecule has 0 bridgehead atoms. The number of nitrogens with zero attached hydrogens (tertiary/aromatic N) is 5. The molecule has 0 radical (unpaired) electrons. The van der Waals surface area contributed by atoms with E-state index in [1.165, 1.54) is 5.56 Å². The number of aliphatic hydroxyl groups is 2. The van der Waals surface area contributed by atoms with E-state index in [1.54, 1.807) is 31.5 Å². The molecule has 5 rings (SSSR count). The Kier molecular flexibility index (Phi) is 6.36. The van der Waals surface area contributed by atoms with Gasteiger partial charge in [-0.05, 0) is 33.3 Å². The molecule has 9 nitrogen and oxygen atoms in total. The molecule has 3 aromatic rings. The van der Waals surface area contributed by atoms with Crippen molar-refractivity contribution in [1.29, 1.82) is 0 Å². The lowest BCUT2D eigenvalue weighted by Gasteiger charge is -2.36. The lowest BCUT2D eigenvalue weighted by molar-refractivity contribution is -0.0396. The summed E-state index contributed by atoms with van der Waals surface area (Å²) in [5.74, 6) is 1.70. The number of ether oxygens (including phenoxy) is 2. The average Bonchev–Trinajstić information content (AvgIpc) is 3.16. The van der Waals surface area contributed by atoms with E-state index >= 15 is 0 Å². The van der Waals surface area contributed by atoms with Crippen molar-refractivity contribution in [2.75, 3.05) is 49.2 Å². The number of hydrogen-bond donors (Lipinski definition) is 2. The van der Waals surface area contributed by atoms with Gasteiger partial charge in [0.2, 0.25) is 0 Å². The van der Waals surface area contributed by atoms with E-state index in [-0.39, 0.29) is 5.60 Å². The van der Waals surface area contributed by atoms with Crippen molar-refractivity contribution in [3.8, 4) is 0 Å². The highest BCUT2D eigenvalue weighted by Gasteiger charge is 2.33. The van der Waals surface area contributed by atoms with Gasteiger partial charge < -0.3 is 29.5 Å². The van der Waals surface area contributed by atoms with Crippen molar-refractivity contribution in [1.82, 2.24) is 15.0 Å². The topological polar surface area (TPSA) is 104 Å². The van der Waals surface area contributed by atoms with Crippen LogP contribution in [0.5, 0.6) is 0 Å². The molecule has 1 saturated heterocycles. The minimum Gasteiger partial charge on any atom is -0.392 e. The molecular formula is C24H33N5O4S. The highest BCUT2D eigenvalue weighted by molar-refractivity contribution is 7.26. The van der Waals surface area contributed by atoms with E-state index in [4.69, 9.17) is 19.4 Å². The van der Waals surface area contributed by atoms with Crippen molar-refractivity contribution in [2.45, 2.75) is 58.5 Å². The number of thiophene rings is 1. The number of fused-ring (bicyclic) bond motifs is 5. The van der Waals surface area contributed by atoms with E-state index in [0.29, 0.717) is 32.9 Å². The third-order valence-electron chi connectivity index (χ3n) is 6.37. The summed E-state index contributed by atoms with van der Waals surface area (Å²) < 4.78 is 12.7. The van der Waals surface area contributed by atoms with Gasteiger partial charge in [-0.15, -0.1) is 11.3 Å². The van der Waals surface area contributed by atoms with Crippen molar-refractivity contribution < 1.29 is 19.7 Å². The second-order valence-corrected chi connectivity index (χ2v) is 11.0. The maximum absolute atomic E-state index is 10.1. The lowest BCUT2D eigenvalue weighted by Crippen LogP contribution is -2.39. The van der Waals surface area contributed by atoms with Gasteiger partial charge >= 0.3 is 0 Å². The summed E-state index contributed by atoms with van der Waals surface area (Å²) >= 11 is 1.58. The summed E-state index contributed by atoms with van der Waals surface area (Å²) in [6.45, 7) is 12.0. The number of pyridine rings is 1. The molecular weight excluding hydrogens is 454 g/mol. The largest absolute Gasteiger partial charge is 0.392 e. The van der Waals surface area contributed by atoms with Gasteiger partial charge in [0.1, 0.15) is 22.8 Å². The molecule has 3 aromatic heterocycles. The molecule has 0 spiro atoms. The van der Waals surface area contributed by atoms with Gasteiger partial charge in [-0.25, -0.2) is 15.0 Å². The highest BCUT2D eigenvalue weighted by atomic mass is 32.1. The van der Waals surface area contributed by atoms with Crippen molar-refractivity contribution >= 4 is 43.4 Å². The predicted molar refractivity (Wildman–Crippen MR) is 134 cm³/mol. The monoisotopic (exact) mass is 487 g/mol. The first-order valence-electron chi connectivity index (χ1n) is 11.9. The second-order valence-electron chi connectivity index (χ2n) is 9.98. The molecule has 34 heavy (non-hydrogen) atoms. The molecule has 2 N–H and O–H groups in total. The fourth-order valence-corrected chi connectivity index (χ4v) is 6.10. The Morgan fingerprint density at radius 2 is 1.82 bits per heavy atom. The molecule has 0 aromatic carbocycles. The molecule has 2 aliphatic heterocycles. The number of hydrogen-bond acceptors (Lipinski definition) is 10. The Morgan fingerprint density at radius 3 is 2.50 bits per heavy atom. The van der Waals surface area contributed by atoms with Crippen LogP contribution in [0.3, 0.4) is 0 Å². The summed E-state index contributed by atoms with van der Waals surface area (Å²) in [6, 6.07) is 0. The maximum Gasteiger partial charge on any atom is 0.150 e. The SMILES string of the molecule is C[C@@H](O)CN(C[C@@H](C)O)c1ncnc2c1sc1nc(N3CCOCC3)c3c(c12)CC(C)(C)OC3. The first-order chi connectivity index (χ1) is 16.2. The minimum atomic E-state index is -0.560. The van der Waals surface area contributed by atoms with Gasteiger partial charge in [-0.1, -0.05) is 0 Å². The van der Waals surface area contributed by atoms with Gasteiger partial charge in [-0.2, -0.15) is 0 Å². The lowest BCUT2D eigenvalue weighted by atomic mass is 9.90. The molecule has 5 heterocycles. The van der Waals surface area contributed by atoms with Crippen LogP contribution >= 0.6 is 11.3 Å². The van der Waals surface area contributed by atoms with E-state index in [1.807, 2.05) is 4.90 Å². The normalized spacial score (nSPS) is 19.9. The van der Waals surface area contributed by atoms with Crippen molar-refractivity contribution in [2.24, 2.45) is 0 Å². The summed E-state index contributed by atoms with van der Waals surface area (Å²) in [6.07, 6.45) is 1.23. The number of morpholine rings is 1. The molecule has 0 saturated carbocycles. The van der Waals surface area contributed by atoms with Gasteiger partial charge in [0.15, 0.2) is 0 Å². The predicted octanol–water partition coefficient (Wildman–Crippen LogP) is 2.50. The zero-order valence-corrected chi connectivity index (χ0v) is 21.1. The molecule has 0 amide bonds. The summed E-state index contributed by atoms with van der Waals surface area (Å²) in [7, 11) is 0. The molecule has 184 valence electrons. The highest BCUT2D eigenvalue weighted by Crippen LogP contribution is 2.44. The standard InChI is InChI=1S/C24H33N5O4S/c1-14(30)10-29(11-15(2)31)22-20-19(25-13-26-22)18-16-9-24(3,4)33-12-17(16)21(27-23(18)34-20)28-5-7-32-8-6-28/h13-15,30-31H,5-12H2,1-4H3/t14-,15-/m1/s1. The first kappa shape index (κ1) is 23.6. The van der Waals surface area contributed by atoms with E-state index in [0.717, 1.165) is 57.1 Å². The van der Waals surface area contributed by atoms with Crippen LogP contribution in [0.15, 0.2) is 6.33 Å². The van der Waals surface area contributed by atoms with Crippen LogP contribution in [0.4, 0.5) is 11.6 Å². The van der Waals surface area contributed by atoms with Crippen molar-refractivity contribution in [3.63, 3.8) is 0 Å². The molecule has 10 heteroatoms. The molecule has 0 unspecified atom stereocenters. The van der Waals surface area contributed by atoms with Crippen molar-refractivity contribution in [3.05, 3.63) is 17.5 Å². The molecule has 2 atom stereocenters. The maximum atomic E-state index is 10.1. The van der Waals surface area contributed by atoms with Gasteiger partial charge in [0, 0.05) is 43.5 Å². The number of rotatable bonds is 6. The third-order valence-corrected chi connectivity index (χ3v) is 7.44. The smallest absolute Gasteiger partial charge is 0.150 e. The van der Waals surface area contributed by atoms with Crippen LogP contribution in [-0.4, -0.2) is 82.4 Å². The van der Waals surface area contributed by atoms with Crippen LogP contribution in [-0.2, 0) is 22.5 Å².